The third-order valence-electron chi connectivity index (χ3n) is 4.01. The van der Waals surface area contributed by atoms with Crippen LogP contribution in [0.1, 0.15) is 42.0 Å². The molecule has 0 aliphatic rings. The molecular formula is C20H27N3O3. The van der Waals surface area contributed by atoms with Crippen molar-refractivity contribution in [1.82, 2.24) is 9.99 Å². The van der Waals surface area contributed by atoms with E-state index in [0.29, 0.717) is 23.8 Å². The van der Waals surface area contributed by atoms with Crippen LogP contribution in [0.3, 0.4) is 0 Å². The number of carbonyl (C=O) groups excluding carboxylic acids is 2. The van der Waals surface area contributed by atoms with E-state index in [1.54, 1.807) is 28.9 Å². The van der Waals surface area contributed by atoms with Crippen LogP contribution in [0.2, 0.25) is 0 Å². The highest BCUT2D eigenvalue weighted by molar-refractivity contribution is 6.00. The largest absolute Gasteiger partial charge is 0.484 e. The standard InChI is InChI=1S/C20H27N3O3/c1-14(2)11-12-21-19(24)13-26-18-9-7-17(8-10-18)20(25)22-23-15(3)5-6-16(23)4/h5-10,14H,11-13H2,1-4H3,(H,21,24)(H,22,25). The SMILES string of the molecule is Cc1ccc(C)n1NC(=O)c1ccc(OCC(=O)NCCC(C)C)cc1. The molecule has 2 amide bonds. The Kier molecular flexibility index (Phi) is 6.83. The van der Waals surface area contributed by atoms with Crippen LogP contribution in [-0.4, -0.2) is 29.6 Å². The van der Waals surface area contributed by atoms with Crippen LogP contribution >= 0.6 is 0 Å². The minimum Gasteiger partial charge on any atom is -0.484 e. The van der Waals surface area contributed by atoms with E-state index in [1.807, 2.05) is 26.0 Å². The van der Waals surface area contributed by atoms with E-state index in [-0.39, 0.29) is 18.4 Å². The Hall–Kier alpha value is -2.76. The molecule has 0 aliphatic carbocycles. The fourth-order valence-corrected chi connectivity index (χ4v) is 2.41. The second kappa shape index (κ2) is 9.08. The third kappa shape index (κ3) is 5.65. The van der Waals surface area contributed by atoms with Crippen LogP contribution in [0.15, 0.2) is 36.4 Å². The van der Waals surface area contributed by atoms with Crippen molar-refractivity contribution < 1.29 is 14.3 Å². The van der Waals surface area contributed by atoms with E-state index in [9.17, 15) is 9.59 Å². The molecule has 2 N–H and O–H groups in total. The first-order chi connectivity index (χ1) is 12.4. The molecule has 0 spiro atoms. The molecule has 140 valence electrons. The van der Waals surface area contributed by atoms with Gasteiger partial charge in [-0.05, 0) is 62.6 Å². The first-order valence-corrected chi connectivity index (χ1v) is 8.82. The Morgan fingerprint density at radius 2 is 1.65 bits per heavy atom. The summed E-state index contributed by atoms with van der Waals surface area (Å²) in [6.45, 7) is 8.69. The fourth-order valence-electron chi connectivity index (χ4n) is 2.41. The molecule has 2 rings (SSSR count). The van der Waals surface area contributed by atoms with Gasteiger partial charge in [0, 0.05) is 23.5 Å². The summed E-state index contributed by atoms with van der Waals surface area (Å²) in [7, 11) is 0. The first-order valence-electron chi connectivity index (χ1n) is 8.82. The molecule has 1 aromatic heterocycles. The molecule has 0 bridgehead atoms. The van der Waals surface area contributed by atoms with Gasteiger partial charge in [0.25, 0.3) is 11.8 Å². The highest BCUT2D eigenvalue weighted by Gasteiger charge is 2.09. The molecular weight excluding hydrogens is 330 g/mol. The van der Waals surface area contributed by atoms with E-state index in [0.717, 1.165) is 17.8 Å². The van der Waals surface area contributed by atoms with Gasteiger partial charge < -0.3 is 10.1 Å². The fraction of sp³-hybridized carbons (Fsp3) is 0.400. The molecule has 0 saturated heterocycles. The van der Waals surface area contributed by atoms with Crippen LogP contribution in [0.5, 0.6) is 5.75 Å². The average Bonchev–Trinajstić information content (AvgIpc) is 2.92. The second-order valence-corrected chi connectivity index (χ2v) is 6.74. The predicted molar refractivity (Wildman–Crippen MR) is 102 cm³/mol. The van der Waals surface area contributed by atoms with Crippen molar-refractivity contribution >= 4 is 11.8 Å². The lowest BCUT2D eigenvalue weighted by Gasteiger charge is -2.12. The molecule has 2 aromatic rings. The number of rotatable bonds is 8. The lowest BCUT2D eigenvalue weighted by atomic mass is 10.1. The summed E-state index contributed by atoms with van der Waals surface area (Å²) < 4.78 is 7.20. The van der Waals surface area contributed by atoms with Crippen LogP contribution < -0.4 is 15.5 Å². The maximum atomic E-state index is 12.3. The summed E-state index contributed by atoms with van der Waals surface area (Å²) in [6.07, 6.45) is 0.940. The van der Waals surface area contributed by atoms with Gasteiger partial charge >= 0.3 is 0 Å². The summed E-state index contributed by atoms with van der Waals surface area (Å²) >= 11 is 0. The number of nitrogens with zero attached hydrogens (tertiary/aromatic N) is 1. The van der Waals surface area contributed by atoms with Gasteiger partial charge in [0.15, 0.2) is 6.61 Å². The van der Waals surface area contributed by atoms with Crippen molar-refractivity contribution in [3.05, 3.63) is 53.3 Å². The monoisotopic (exact) mass is 357 g/mol. The molecule has 0 unspecified atom stereocenters. The number of amides is 2. The maximum absolute atomic E-state index is 12.3. The Morgan fingerprint density at radius 1 is 1.04 bits per heavy atom. The molecule has 6 heteroatoms. The van der Waals surface area contributed by atoms with Gasteiger partial charge in [0.05, 0.1) is 0 Å². The quantitative estimate of drug-likeness (QED) is 0.763. The van der Waals surface area contributed by atoms with Crippen molar-refractivity contribution in [2.45, 2.75) is 34.1 Å². The average molecular weight is 357 g/mol. The Balaban J connectivity index is 1.84. The van der Waals surface area contributed by atoms with Crippen LogP contribution in [0, 0.1) is 19.8 Å². The van der Waals surface area contributed by atoms with Gasteiger partial charge in [0.2, 0.25) is 0 Å². The van der Waals surface area contributed by atoms with Crippen molar-refractivity contribution in [2.24, 2.45) is 5.92 Å². The number of carbonyl (C=O) groups is 2. The number of ether oxygens (including phenoxy) is 1. The zero-order valence-electron chi connectivity index (χ0n) is 15.8. The normalized spacial score (nSPS) is 10.7. The molecule has 0 atom stereocenters. The van der Waals surface area contributed by atoms with Gasteiger partial charge in [-0.1, -0.05) is 13.8 Å². The number of aromatic nitrogens is 1. The lowest BCUT2D eigenvalue weighted by Crippen LogP contribution is -2.30. The molecule has 0 fully saturated rings. The van der Waals surface area contributed by atoms with E-state index in [4.69, 9.17) is 4.74 Å². The summed E-state index contributed by atoms with van der Waals surface area (Å²) in [5, 5.41) is 2.82. The molecule has 26 heavy (non-hydrogen) atoms. The lowest BCUT2D eigenvalue weighted by molar-refractivity contribution is -0.123. The highest BCUT2D eigenvalue weighted by atomic mass is 16.5. The Bertz CT molecular complexity index is 729. The number of benzene rings is 1. The zero-order chi connectivity index (χ0) is 19.1. The number of hydrogen-bond acceptors (Lipinski definition) is 3. The Labute approximate surface area is 154 Å². The van der Waals surface area contributed by atoms with Gasteiger partial charge in [-0.15, -0.1) is 0 Å². The molecule has 0 radical (unpaired) electrons. The van der Waals surface area contributed by atoms with Gasteiger partial charge in [-0.25, -0.2) is 0 Å². The van der Waals surface area contributed by atoms with Crippen molar-refractivity contribution in [1.29, 1.82) is 0 Å². The minimum atomic E-state index is -0.203. The van der Waals surface area contributed by atoms with E-state index in [2.05, 4.69) is 24.6 Å². The minimum absolute atomic E-state index is 0.0363. The smallest absolute Gasteiger partial charge is 0.270 e. The van der Waals surface area contributed by atoms with Gasteiger partial charge in [0.1, 0.15) is 5.75 Å². The first kappa shape index (κ1) is 19.6. The summed E-state index contributed by atoms with van der Waals surface area (Å²) in [5.41, 5.74) is 5.28. The molecule has 1 heterocycles. The summed E-state index contributed by atoms with van der Waals surface area (Å²) in [6, 6.07) is 10.6. The van der Waals surface area contributed by atoms with Gasteiger partial charge in [-0.3, -0.25) is 19.7 Å². The highest BCUT2D eigenvalue weighted by Crippen LogP contribution is 2.13. The van der Waals surface area contributed by atoms with Crippen molar-refractivity contribution in [3.63, 3.8) is 0 Å². The maximum Gasteiger partial charge on any atom is 0.270 e. The zero-order valence-corrected chi connectivity index (χ0v) is 15.8. The van der Waals surface area contributed by atoms with Gasteiger partial charge in [-0.2, -0.15) is 0 Å². The molecule has 0 aliphatic heterocycles. The number of nitrogens with one attached hydrogen (secondary N) is 2. The molecule has 1 aromatic carbocycles. The van der Waals surface area contributed by atoms with E-state index in [1.165, 1.54) is 0 Å². The van der Waals surface area contributed by atoms with Crippen molar-refractivity contribution in [2.75, 3.05) is 18.6 Å². The van der Waals surface area contributed by atoms with E-state index >= 15 is 0 Å². The second-order valence-electron chi connectivity index (χ2n) is 6.74. The topological polar surface area (TPSA) is 72.4 Å². The summed E-state index contributed by atoms with van der Waals surface area (Å²) in [4.78, 5) is 24.0. The van der Waals surface area contributed by atoms with Crippen LogP contribution in [-0.2, 0) is 4.79 Å². The number of hydrogen-bond donors (Lipinski definition) is 2. The van der Waals surface area contributed by atoms with Crippen molar-refractivity contribution in [3.8, 4) is 5.75 Å². The molecule has 0 saturated carbocycles. The Morgan fingerprint density at radius 3 is 2.23 bits per heavy atom. The third-order valence-corrected chi connectivity index (χ3v) is 4.01. The number of aryl methyl sites for hydroxylation is 2. The van der Waals surface area contributed by atoms with Crippen LogP contribution in [0.25, 0.3) is 0 Å². The predicted octanol–water partition coefficient (Wildman–Crippen LogP) is 3.03. The summed E-state index contributed by atoms with van der Waals surface area (Å²) in [5.74, 6) is 0.749. The van der Waals surface area contributed by atoms with E-state index < -0.39 is 0 Å². The molecule has 6 nitrogen and oxygen atoms in total. The van der Waals surface area contributed by atoms with Crippen LogP contribution in [0.4, 0.5) is 0 Å².